The van der Waals surface area contributed by atoms with Crippen LogP contribution < -0.4 is 11.1 Å². The van der Waals surface area contributed by atoms with E-state index in [1.54, 1.807) is 0 Å². The van der Waals surface area contributed by atoms with Crippen LogP contribution in [-0.2, 0) is 9.53 Å². The number of aliphatic hydroxyl groups excluding tert-OH is 1. The summed E-state index contributed by atoms with van der Waals surface area (Å²) in [4.78, 5) is 12.7. The zero-order valence-corrected chi connectivity index (χ0v) is 15.5. The summed E-state index contributed by atoms with van der Waals surface area (Å²) in [7, 11) is 0. The highest BCUT2D eigenvalue weighted by molar-refractivity contribution is 5.88. The fourth-order valence-corrected chi connectivity index (χ4v) is 4.12. The fraction of sp³-hybridized carbons (Fsp3) is 0.941. The number of nitrogens with one attached hydrogen (secondary N) is 1. The highest BCUT2D eigenvalue weighted by Gasteiger charge is 2.62. The van der Waals surface area contributed by atoms with Crippen LogP contribution in [0.3, 0.4) is 0 Å². The number of nitrogens with two attached hydrogens (primary N) is 1. The average molecular weight is 349 g/mol. The van der Waals surface area contributed by atoms with E-state index in [0.717, 1.165) is 19.3 Å². The van der Waals surface area contributed by atoms with Crippen LogP contribution in [0.5, 0.6) is 0 Å². The van der Waals surface area contributed by atoms with Gasteiger partial charge in [-0.25, -0.2) is 0 Å². The molecule has 0 saturated heterocycles. The van der Waals surface area contributed by atoms with Gasteiger partial charge in [0.25, 0.3) is 0 Å². The first kappa shape index (κ1) is 20.7. The fourth-order valence-electron chi connectivity index (χ4n) is 4.12. The number of halogens is 1. The van der Waals surface area contributed by atoms with Gasteiger partial charge in [0.15, 0.2) is 0 Å². The molecule has 1 amide bonds. The van der Waals surface area contributed by atoms with Gasteiger partial charge < -0.3 is 20.9 Å². The Morgan fingerprint density at radius 2 is 1.96 bits per heavy atom. The number of rotatable bonds is 7. The van der Waals surface area contributed by atoms with E-state index in [9.17, 15) is 9.90 Å². The number of ether oxygens (including phenoxy) is 1. The molecule has 2 aliphatic rings. The summed E-state index contributed by atoms with van der Waals surface area (Å²) < 4.78 is 5.68. The van der Waals surface area contributed by atoms with Crippen LogP contribution in [0.4, 0.5) is 0 Å². The van der Waals surface area contributed by atoms with Gasteiger partial charge in [0.1, 0.15) is 5.54 Å². The van der Waals surface area contributed by atoms with Gasteiger partial charge in [0.2, 0.25) is 5.91 Å². The van der Waals surface area contributed by atoms with Crippen molar-refractivity contribution in [2.24, 2.45) is 16.6 Å². The standard InChI is InChI=1S/C17H32N2O3.ClH/c1-4-22-13-11-17(18,15(13,2)3)14(21)19-12-16(9-10-20)7-5-6-8-16;/h13,20H,4-12,18H2,1-3H3,(H,19,21);1H. The van der Waals surface area contributed by atoms with Crippen molar-refractivity contribution in [1.29, 1.82) is 0 Å². The molecular formula is C17H33ClN2O3. The third-order valence-electron chi connectivity index (χ3n) is 6.17. The molecule has 2 aliphatic carbocycles. The quantitative estimate of drug-likeness (QED) is 0.657. The van der Waals surface area contributed by atoms with Crippen LogP contribution in [0.15, 0.2) is 0 Å². The second-order valence-electron chi connectivity index (χ2n) is 7.70. The van der Waals surface area contributed by atoms with Crippen molar-refractivity contribution in [1.82, 2.24) is 5.32 Å². The zero-order chi connectivity index (χ0) is 16.4. The molecule has 0 aromatic carbocycles. The average Bonchev–Trinajstić information content (AvgIpc) is 2.93. The molecule has 0 aromatic heterocycles. The van der Waals surface area contributed by atoms with Crippen molar-refractivity contribution < 1.29 is 14.6 Å². The van der Waals surface area contributed by atoms with E-state index in [1.165, 1.54) is 12.8 Å². The minimum absolute atomic E-state index is 0. The van der Waals surface area contributed by atoms with E-state index in [-0.39, 0.29) is 41.9 Å². The van der Waals surface area contributed by atoms with Gasteiger partial charge in [-0.05, 0) is 31.6 Å². The number of amides is 1. The van der Waals surface area contributed by atoms with Gasteiger partial charge in [-0.2, -0.15) is 0 Å². The largest absolute Gasteiger partial charge is 0.396 e. The van der Waals surface area contributed by atoms with Crippen LogP contribution in [-0.4, -0.2) is 42.4 Å². The molecule has 6 heteroatoms. The predicted octanol–water partition coefficient (Wildman–Crippen LogP) is 2.00. The van der Waals surface area contributed by atoms with E-state index in [0.29, 0.717) is 19.6 Å². The molecule has 2 saturated carbocycles. The number of carbonyl (C=O) groups is 1. The van der Waals surface area contributed by atoms with Crippen molar-refractivity contribution in [3.63, 3.8) is 0 Å². The summed E-state index contributed by atoms with van der Waals surface area (Å²) in [5, 5.41) is 12.4. The van der Waals surface area contributed by atoms with Gasteiger partial charge >= 0.3 is 0 Å². The van der Waals surface area contributed by atoms with Gasteiger partial charge in [-0.1, -0.05) is 26.7 Å². The Morgan fingerprint density at radius 3 is 2.43 bits per heavy atom. The maximum atomic E-state index is 12.7. The maximum absolute atomic E-state index is 12.7. The molecule has 5 nitrogen and oxygen atoms in total. The van der Waals surface area contributed by atoms with Crippen molar-refractivity contribution in [3.05, 3.63) is 0 Å². The molecule has 2 rings (SSSR count). The van der Waals surface area contributed by atoms with Crippen molar-refractivity contribution >= 4 is 18.3 Å². The minimum atomic E-state index is -0.855. The summed E-state index contributed by atoms with van der Waals surface area (Å²) in [5.74, 6) is -0.0716. The molecule has 0 spiro atoms. The lowest BCUT2D eigenvalue weighted by Crippen LogP contribution is -2.76. The number of carbonyl (C=O) groups excluding carboxylic acids is 1. The lowest BCUT2D eigenvalue weighted by Gasteiger charge is -2.57. The number of aliphatic hydroxyl groups is 1. The van der Waals surface area contributed by atoms with Gasteiger partial charge in [-0.15, -0.1) is 12.4 Å². The SMILES string of the molecule is CCOC1CC(N)(C(=O)NCC2(CCO)CCCC2)C1(C)C.Cl. The number of hydrogen-bond acceptors (Lipinski definition) is 4. The van der Waals surface area contributed by atoms with Crippen molar-refractivity contribution in [2.45, 2.75) is 70.9 Å². The Morgan fingerprint density at radius 1 is 1.35 bits per heavy atom. The van der Waals surface area contributed by atoms with E-state index in [1.807, 2.05) is 20.8 Å². The molecule has 136 valence electrons. The number of hydrogen-bond donors (Lipinski definition) is 3. The van der Waals surface area contributed by atoms with E-state index < -0.39 is 5.54 Å². The Hall–Kier alpha value is -0.360. The van der Waals surface area contributed by atoms with Crippen LogP contribution in [0.1, 0.15) is 59.3 Å². The van der Waals surface area contributed by atoms with E-state index >= 15 is 0 Å². The van der Waals surface area contributed by atoms with Crippen molar-refractivity contribution in [2.75, 3.05) is 19.8 Å². The van der Waals surface area contributed by atoms with Crippen LogP contribution in [0, 0.1) is 10.8 Å². The molecule has 4 N–H and O–H groups in total. The molecule has 2 unspecified atom stereocenters. The smallest absolute Gasteiger partial charge is 0.240 e. The Bertz CT molecular complexity index is 411. The lowest BCUT2D eigenvalue weighted by molar-refractivity contribution is -0.171. The minimum Gasteiger partial charge on any atom is -0.396 e. The second-order valence-corrected chi connectivity index (χ2v) is 7.70. The molecule has 2 atom stereocenters. The Labute approximate surface area is 146 Å². The highest BCUT2D eigenvalue weighted by atomic mass is 35.5. The third kappa shape index (κ3) is 3.68. The normalized spacial score (nSPS) is 31.1. The first-order valence-corrected chi connectivity index (χ1v) is 8.61. The topological polar surface area (TPSA) is 84.6 Å². The highest BCUT2D eigenvalue weighted by Crippen LogP contribution is 2.50. The maximum Gasteiger partial charge on any atom is 0.240 e. The Kier molecular flexibility index (Phi) is 6.91. The second kappa shape index (κ2) is 7.68. The summed E-state index contributed by atoms with van der Waals surface area (Å²) >= 11 is 0. The monoisotopic (exact) mass is 348 g/mol. The van der Waals surface area contributed by atoms with Gasteiger partial charge in [0.05, 0.1) is 6.10 Å². The predicted molar refractivity (Wildman–Crippen MR) is 93.6 cm³/mol. The molecule has 0 heterocycles. The summed E-state index contributed by atoms with van der Waals surface area (Å²) in [5.41, 5.74) is 5.26. The lowest BCUT2D eigenvalue weighted by atomic mass is 9.54. The Balaban J connectivity index is 0.00000264. The first-order chi connectivity index (χ1) is 10.3. The first-order valence-electron chi connectivity index (χ1n) is 8.61. The van der Waals surface area contributed by atoms with E-state index in [2.05, 4.69) is 5.32 Å². The molecule has 0 radical (unpaired) electrons. The van der Waals surface area contributed by atoms with Gasteiger partial charge in [0, 0.05) is 31.6 Å². The summed E-state index contributed by atoms with van der Waals surface area (Å²) in [6.07, 6.45) is 5.91. The van der Waals surface area contributed by atoms with Crippen molar-refractivity contribution in [3.8, 4) is 0 Å². The molecule has 0 bridgehead atoms. The molecule has 2 fully saturated rings. The molecule has 23 heavy (non-hydrogen) atoms. The summed E-state index contributed by atoms with van der Waals surface area (Å²) in [6, 6.07) is 0. The molecule has 0 aliphatic heterocycles. The van der Waals surface area contributed by atoms with Crippen LogP contribution >= 0.6 is 12.4 Å². The zero-order valence-electron chi connectivity index (χ0n) is 14.7. The molecular weight excluding hydrogens is 316 g/mol. The van der Waals surface area contributed by atoms with Crippen LogP contribution in [0.2, 0.25) is 0 Å². The van der Waals surface area contributed by atoms with Gasteiger partial charge in [-0.3, -0.25) is 4.79 Å². The molecule has 0 aromatic rings. The van der Waals surface area contributed by atoms with Crippen LogP contribution in [0.25, 0.3) is 0 Å². The van der Waals surface area contributed by atoms with E-state index in [4.69, 9.17) is 10.5 Å². The third-order valence-corrected chi connectivity index (χ3v) is 6.17. The summed E-state index contributed by atoms with van der Waals surface area (Å²) in [6.45, 7) is 7.43.